The first-order valence-electron chi connectivity index (χ1n) is 10.2. The molecule has 7 nitrogen and oxygen atoms in total. The topological polar surface area (TPSA) is 79.5 Å². The Kier molecular flexibility index (Phi) is 7.91. The van der Waals surface area contributed by atoms with Gasteiger partial charge in [-0.1, -0.05) is 0 Å². The van der Waals surface area contributed by atoms with Gasteiger partial charge in [0.05, 0.1) is 25.5 Å². The molecule has 8 heteroatoms. The van der Waals surface area contributed by atoms with E-state index < -0.39 is 5.91 Å². The standard InChI is InChI=1S/C23H27BrN4O3/c1-16-12-18(13-19(15-25)23(29)26-6-9-30-3)17(2)28(16)20-4-5-22(21(24)14-20)27-7-10-31-11-8-27/h4-5,12-14H,6-11H2,1-3H3,(H,26,29)/b19-13+. The minimum atomic E-state index is -0.401. The first-order valence-corrected chi connectivity index (χ1v) is 11.0. The number of aryl methyl sites for hydroxylation is 1. The molecule has 1 aromatic carbocycles. The number of hydrogen-bond donors (Lipinski definition) is 1. The quantitative estimate of drug-likeness (QED) is 0.368. The number of carbonyl (C=O) groups is 1. The first-order chi connectivity index (χ1) is 15.0. The van der Waals surface area contributed by atoms with Crippen LogP contribution in [0.3, 0.4) is 0 Å². The van der Waals surface area contributed by atoms with Crippen LogP contribution in [-0.2, 0) is 14.3 Å². The summed E-state index contributed by atoms with van der Waals surface area (Å²) < 4.78 is 13.5. The first kappa shape index (κ1) is 23.1. The number of halogens is 1. The zero-order valence-electron chi connectivity index (χ0n) is 18.1. The maximum atomic E-state index is 12.3. The van der Waals surface area contributed by atoms with Gasteiger partial charge in [-0.3, -0.25) is 4.79 Å². The summed E-state index contributed by atoms with van der Waals surface area (Å²) in [5.74, 6) is -0.401. The summed E-state index contributed by atoms with van der Waals surface area (Å²) in [6, 6.07) is 10.3. The van der Waals surface area contributed by atoms with Gasteiger partial charge >= 0.3 is 0 Å². The van der Waals surface area contributed by atoms with Gasteiger partial charge in [-0.2, -0.15) is 5.26 Å². The van der Waals surface area contributed by atoms with Gasteiger partial charge in [0.2, 0.25) is 0 Å². The fourth-order valence-electron chi connectivity index (χ4n) is 3.69. The number of rotatable bonds is 7. The molecule has 1 aromatic heterocycles. The van der Waals surface area contributed by atoms with Gasteiger partial charge in [0.1, 0.15) is 11.6 Å². The van der Waals surface area contributed by atoms with E-state index in [0.29, 0.717) is 13.2 Å². The number of benzene rings is 1. The summed E-state index contributed by atoms with van der Waals surface area (Å²) >= 11 is 3.72. The number of amides is 1. The lowest BCUT2D eigenvalue weighted by Gasteiger charge is -2.30. The average Bonchev–Trinajstić information content (AvgIpc) is 3.05. The molecule has 2 aromatic rings. The number of anilines is 1. The number of ether oxygens (including phenoxy) is 2. The molecular weight excluding hydrogens is 460 g/mol. The van der Waals surface area contributed by atoms with Crippen LogP contribution in [0.4, 0.5) is 5.69 Å². The number of methoxy groups -OCH3 is 1. The van der Waals surface area contributed by atoms with Gasteiger partial charge in [0.15, 0.2) is 0 Å². The Bertz CT molecular complexity index is 1020. The Labute approximate surface area is 191 Å². The average molecular weight is 487 g/mol. The lowest BCUT2D eigenvalue weighted by atomic mass is 10.1. The summed E-state index contributed by atoms with van der Waals surface area (Å²) in [6.45, 7) is 7.97. The molecule has 0 spiro atoms. The SMILES string of the molecule is COCCNC(=O)/C(C#N)=C/c1cc(C)n(-c2ccc(N3CCOCC3)c(Br)c2)c1C. The highest BCUT2D eigenvalue weighted by Crippen LogP contribution is 2.31. The Morgan fingerprint density at radius 1 is 1.32 bits per heavy atom. The van der Waals surface area contributed by atoms with Crippen LogP contribution in [0.15, 0.2) is 34.3 Å². The molecule has 1 aliphatic heterocycles. The largest absolute Gasteiger partial charge is 0.383 e. The van der Waals surface area contributed by atoms with E-state index in [0.717, 1.165) is 59.1 Å². The lowest BCUT2D eigenvalue weighted by molar-refractivity contribution is -0.117. The number of nitriles is 1. The summed E-state index contributed by atoms with van der Waals surface area (Å²) in [6.07, 6.45) is 1.64. The molecule has 31 heavy (non-hydrogen) atoms. The van der Waals surface area contributed by atoms with Crippen LogP contribution in [0.25, 0.3) is 11.8 Å². The van der Waals surface area contributed by atoms with Crippen molar-refractivity contribution in [3.8, 4) is 11.8 Å². The van der Waals surface area contributed by atoms with E-state index in [1.54, 1.807) is 13.2 Å². The Hall–Kier alpha value is -2.60. The van der Waals surface area contributed by atoms with E-state index in [2.05, 4.69) is 48.9 Å². The zero-order chi connectivity index (χ0) is 22.4. The molecule has 1 amide bonds. The minimum absolute atomic E-state index is 0.0696. The van der Waals surface area contributed by atoms with E-state index in [1.165, 1.54) is 0 Å². The number of aromatic nitrogens is 1. The smallest absolute Gasteiger partial charge is 0.262 e. The van der Waals surface area contributed by atoms with Crippen molar-refractivity contribution in [1.82, 2.24) is 9.88 Å². The molecule has 164 valence electrons. The van der Waals surface area contributed by atoms with E-state index in [-0.39, 0.29) is 5.57 Å². The van der Waals surface area contributed by atoms with Crippen molar-refractivity contribution in [1.29, 1.82) is 5.26 Å². The summed E-state index contributed by atoms with van der Waals surface area (Å²) in [7, 11) is 1.56. The molecule has 2 heterocycles. The number of nitrogens with zero attached hydrogens (tertiary/aromatic N) is 3. The summed E-state index contributed by atoms with van der Waals surface area (Å²) in [4.78, 5) is 14.6. The second kappa shape index (κ2) is 10.6. The molecular formula is C23H27BrN4O3. The minimum Gasteiger partial charge on any atom is -0.383 e. The Morgan fingerprint density at radius 3 is 2.71 bits per heavy atom. The van der Waals surface area contributed by atoms with Crippen LogP contribution >= 0.6 is 15.9 Å². The van der Waals surface area contributed by atoms with Gasteiger partial charge in [0, 0.05) is 48.3 Å². The zero-order valence-corrected chi connectivity index (χ0v) is 19.7. The third-order valence-corrected chi connectivity index (χ3v) is 5.90. The van der Waals surface area contributed by atoms with Crippen molar-refractivity contribution in [3.63, 3.8) is 0 Å². The third-order valence-electron chi connectivity index (χ3n) is 5.27. The lowest BCUT2D eigenvalue weighted by Crippen LogP contribution is -2.36. The van der Waals surface area contributed by atoms with Crippen LogP contribution in [0.2, 0.25) is 0 Å². The molecule has 1 fully saturated rings. The number of hydrogen-bond acceptors (Lipinski definition) is 5. The van der Waals surface area contributed by atoms with Gasteiger partial charge in [-0.05, 0) is 65.7 Å². The van der Waals surface area contributed by atoms with Gasteiger partial charge < -0.3 is 24.3 Å². The number of morpholine rings is 1. The fraction of sp³-hybridized carbons (Fsp3) is 0.391. The second-order valence-electron chi connectivity index (χ2n) is 7.32. The highest BCUT2D eigenvalue weighted by Gasteiger charge is 2.17. The van der Waals surface area contributed by atoms with Gasteiger partial charge in [0.25, 0.3) is 5.91 Å². The molecule has 0 aliphatic carbocycles. The van der Waals surface area contributed by atoms with Crippen molar-refractivity contribution >= 4 is 33.6 Å². The molecule has 1 aliphatic rings. The Balaban J connectivity index is 1.88. The number of nitrogens with one attached hydrogen (secondary N) is 1. The summed E-state index contributed by atoms with van der Waals surface area (Å²) in [5.41, 5.74) is 5.05. The van der Waals surface area contributed by atoms with Gasteiger partial charge in [-0.25, -0.2) is 0 Å². The van der Waals surface area contributed by atoms with E-state index in [1.807, 2.05) is 26.0 Å². The molecule has 0 saturated carbocycles. The van der Waals surface area contributed by atoms with E-state index in [9.17, 15) is 10.1 Å². The normalized spacial score (nSPS) is 14.4. The highest BCUT2D eigenvalue weighted by molar-refractivity contribution is 9.10. The molecule has 0 bridgehead atoms. The van der Waals surface area contributed by atoms with Crippen LogP contribution < -0.4 is 10.2 Å². The van der Waals surface area contributed by atoms with Crippen molar-refractivity contribution in [2.24, 2.45) is 0 Å². The van der Waals surface area contributed by atoms with Crippen LogP contribution in [0, 0.1) is 25.2 Å². The molecule has 1 N–H and O–H groups in total. The van der Waals surface area contributed by atoms with Crippen molar-refractivity contribution in [3.05, 3.63) is 51.3 Å². The number of carbonyl (C=O) groups excluding carboxylic acids is 1. The molecule has 0 unspecified atom stereocenters. The predicted octanol–water partition coefficient (Wildman–Crippen LogP) is 3.36. The highest BCUT2D eigenvalue weighted by atomic mass is 79.9. The fourth-order valence-corrected chi connectivity index (χ4v) is 4.31. The van der Waals surface area contributed by atoms with Gasteiger partial charge in [-0.15, -0.1) is 0 Å². The van der Waals surface area contributed by atoms with Crippen LogP contribution in [0.1, 0.15) is 17.0 Å². The Morgan fingerprint density at radius 2 is 2.06 bits per heavy atom. The maximum Gasteiger partial charge on any atom is 0.262 e. The summed E-state index contributed by atoms with van der Waals surface area (Å²) in [5, 5.41) is 12.1. The predicted molar refractivity (Wildman–Crippen MR) is 124 cm³/mol. The van der Waals surface area contributed by atoms with Crippen molar-refractivity contribution in [2.45, 2.75) is 13.8 Å². The van der Waals surface area contributed by atoms with E-state index >= 15 is 0 Å². The van der Waals surface area contributed by atoms with Crippen molar-refractivity contribution in [2.75, 3.05) is 51.5 Å². The monoisotopic (exact) mass is 486 g/mol. The second-order valence-corrected chi connectivity index (χ2v) is 8.17. The van der Waals surface area contributed by atoms with E-state index in [4.69, 9.17) is 9.47 Å². The molecule has 1 saturated heterocycles. The van der Waals surface area contributed by atoms with Crippen LogP contribution in [-0.4, -0.2) is 57.0 Å². The van der Waals surface area contributed by atoms with Crippen LogP contribution in [0.5, 0.6) is 0 Å². The third kappa shape index (κ3) is 5.37. The molecule has 0 radical (unpaired) electrons. The molecule has 3 rings (SSSR count). The maximum absolute atomic E-state index is 12.3. The van der Waals surface area contributed by atoms with Crippen molar-refractivity contribution < 1.29 is 14.3 Å². The molecule has 0 atom stereocenters.